The van der Waals surface area contributed by atoms with Crippen LogP contribution in [-0.4, -0.2) is 0 Å². The highest BCUT2D eigenvalue weighted by molar-refractivity contribution is 5.99. The van der Waals surface area contributed by atoms with Crippen molar-refractivity contribution in [2.24, 2.45) is 5.73 Å². The molecule has 1 atom stereocenters. The van der Waals surface area contributed by atoms with Crippen molar-refractivity contribution < 1.29 is 0 Å². The van der Waals surface area contributed by atoms with Gasteiger partial charge in [-0.2, -0.15) is 0 Å². The van der Waals surface area contributed by atoms with E-state index in [1.54, 1.807) is 0 Å². The van der Waals surface area contributed by atoms with Crippen LogP contribution < -0.4 is 16.0 Å². The molecule has 1 heterocycles. The van der Waals surface area contributed by atoms with Crippen LogP contribution >= 0.6 is 0 Å². The molecule has 0 aromatic heterocycles. The summed E-state index contributed by atoms with van der Waals surface area (Å²) < 4.78 is 0. The topological polar surface area (TPSA) is 41.3 Å². The first-order valence-corrected chi connectivity index (χ1v) is 14.9. The summed E-state index contributed by atoms with van der Waals surface area (Å²) in [6.07, 6.45) is 8.34. The van der Waals surface area contributed by atoms with Crippen molar-refractivity contribution in [1.29, 1.82) is 0 Å². The summed E-state index contributed by atoms with van der Waals surface area (Å²) in [5.41, 5.74) is 28.0. The Morgan fingerprint density at radius 3 is 2.30 bits per heavy atom. The van der Waals surface area contributed by atoms with Gasteiger partial charge < -0.3 is 16.0 Å². The van der Waals surface area contributed by atoms with Crippen LogP contribution in [0.1, 0.15) is 22.7 Å². The van der Waals surface area contributed by atoms with E-state index in [-0.39, 0.29) is 6.04 Å². The molecule has 3 nitrogen and oxygen atoms in total. The van der Waals surface area contributed by atoms with Crippen molar-refractivity contribution in [3.05, 3.63) is 191 Å². The van der Waals surface area contributed by atoms with Gasteiger partial charge in [0.1, 0.15) is 0 Å². The Balaban J connectivity index is 1.12. The van der Waals surface area contributed by atoms with E-state index < -0.39 is 0 Å². The van der Waals surface area contributed by atoms with E-state index in [1.807, 2.05) is 18.2 Å². The fourth-order valence-electron chi connectivity index (χ4n) is 6.24. The predicted octanol–water partition coefficient (Wildman–Crippen LogP) is 9.86. The largest absolute Gasteiger partial charge is 0.355 e. The van der Waals surface area contributed by atoms with Gasteiger partial charge >= 0.3 is 0 Å². The number of nitrogens with two attached hydrogens (primary N) is 1. The van der Waals surface area contributed by atoms with Crippen LogP contribution in [0.2, 0.25) is 0 Å². The lowest BCUT2D eigenvalue weighted by atomic mass is 9.89. The minimum atomic E-state index is -0.277. The molecule has 2 bridgehead atoms. The molecule has 0 amide bonds. The first kappa shape index (κ1) is 25.9. The zero-order valence-electron chi connectivity index (χ0n) is 24.0. The normalized spacial score (nSPS) is 14.9. The Labute approximate surface area is 257 Å². The minimum absolute atomic E-state index is 0.277. The molecule has 3 N–H and O–H groups in total. The van der Waals surface area contributed by atoms with Gasteiger partial charge in [-0.3, -0.25) is 0 Å². The molecule has 3 heteroatoms. The van der Waals surface area contributed by atoms with E-state index in [1.165, 1.54) is 16.7 Å². The maximum atomic E-state index is 6.77. The Morgan fingerprint density at radius 2 is 1.43 bits per heavy atom. The Bertz CT molecular complexity index is 2120. The number of allylic oxidation sites excluding steroid dienone is 3. The highest BCUT2D eigenvalue weighted by Gasteiger charge is 2.27. The summed E-state index contributed by atoms with van der Waals surface area (Å²) in [4.78, 5) is 2.30. The molecule has 5 aromatic carbocycles. The lowest BCUT2D eigenvalue weighted by Gasteiger charge is -2.32. The quantitative estimate of drug-likeness (QED) is 0.194. The molecule has 3 aliphatic rings. The lowest BCUT2D eigenvalue weighted by Crippen LogP contribution is -2.19. The second-order valence-electron chi connectivity index (χ2n) is 11.1. The van der Waals surface area contributed by atoms with Crippen LogP contribution in [0.25, 0.3) is 22.3 Å². The molecular weight excluding hydrogens is 534 g/mol. The molecule has 0 spiro atoms. The van der Waals surface area contributed by atoms with Crippen molar-refractivity contribution in [3.8, 4) is 11.1 Å². The first-order chi connectivity index (χ1) is 21.7. The molecule has 44 heavy (non-hydrogen) atoms. The van der Waals surface area contributed by atoms with E-state index >= 15 is 0 Å². The summed E-state index contributed by atoms with van der Waals surface area (Å²) >= 11 is 0. The SMILES string of the molecule is NC(C1=C=C(c2ccccc2)C=C1)c1cccc(Nc2ccccc2-c2ccc3cc2C2=C(C=C=C2)N3c2ccccc2)c1. The average molecular weight is 564 g/mol. The smallest absolute Gasteiger partial charge is 0.0626 e. The summed E-state index contributed by atoms with van der Waals surface area (Å²) in [6.45, 7) is 0. The van der Waals surface area contributed by atoms with E-state index in [0.29, 0.717) is 0 Å². The van der Waals surface area contributed by atoms with Gasteiger partial charge in [0.15, 0.2) is 0 Å². The van der Waals surface area contributed by atoms with Gasteiger partial charge in [0.25, 0.3) is 0 Å². The third-order valence-electron chi connectivity index (χ3n) is 8.40. The Kier molecular flexibility index (Phi) is 6.34. The van der Waals surface area contributed by atoms with Gasteiger partial charge in [0.05, 0.1) is 11.7 Å². The molecule has 1 aliphatic heterocycles. The molecule has 5 aromatic rings. The number of fused-ring (bicyclic) bond motifs is 3. The number of nitrogens with zero attached hydrogens (tertiary/aromatic N) is 1. The van der Waals surface area contributed by atoms with Gasteiger partial charge in [-0.1, -0.05) is 84.9 Å². The maximum absolute atomic E-state index is 6.77. The number of para-hydroxylation sites is 2. The number of benzene rings is 5. The molecule has 2 aliphatic carbocycles. The summed E-state index contributed by atoms with van der Waals surface area (Å²) in [5.74, 6) is 0. The zero-order chi connectivity index (χ0) is 29.5. The Hall–Kier alpha value is -5.82. The predicted molar refractivity (Wildman–Crippen MR) is 183 cm³/mol. The number of hydrogen-bond donors (Lipinski definition) is 2. The van der Waals surface area contributed by atoms with Crippen molar-refractivity contribution in [2.45, 2.75) is 6.04 Å². The van der Waals surface area contributed by atoms with Gasteiger partial charge in [-0.05, 0) is 82.9 Å². The monoisotopic (exact) mass is 563 g/mol. The van der Waals surface area contributed by atoms with Gasteiger partial charge in [-0.25, -0.2) is 0 Å². The summed E-state index contributed by atoms with van der Waals surface area (Å²) in [5, 5.41) is 3.70. The molecule has 0 saturated heterocycles. The molecule has 208 valence electrons. The molecule has 0 saturated carbocycles. The van der Waals surface area contributed by atoms with E-state index in [2.05, 4.69) is 155 Å². The van der Waals surface area contributed by atoms with Crippen LogP contribution in [0.3, 0.4) is 0 Å². The Morgan fingerprint density at radius 1 is 0.636 bits per heavy atom. The van der Waals surface area contributed by atoms with Crippen LogP contribution in [0, 0.1) is 0 Å². The van der Waals surface area contributed by atoms with Crippen LogP contribution in [-0.2, 0) is 0 Å². The van der Waals surface area contributed by atoms with Gasteiger partial charge in [0.2, 0.25) is 0 Å². The third kappa shape index (κ3) is 4.55. The number of hydrogen-bond acceptors (Lipinski definition) is 3. The molecular formula is C41H29N3. The van der Waals surface area contributed by atoms with Crippen molar-refractivity contribution in [1.82, 2.24) is 0 Å². The summed E-state index contributed by atoms with van der Waals surface area (Å²) in [7, 11) is 0. The standard InChI is InChI=1S/C41H29N3/c42-41(31-22-21-29(25-31)28-11-3-1-4-12-28)30-13-9-14-32(26-30)43-39-19-8-7-17-36(39)35-24-23-34-27-38(35)37-18-10-20-40(37)44(34)33-15-5-2-6-16-33/h1-9,11-24,26-27,41,43H,42H2. The summed E-state index contributed by atoms with van der Waals surface area (Å²) in [6, 6.07) is 44.1. The van der Waals surface area contributed by atoms with Crippen LogP contribution in [0.5, 0.6) is 0 Å². The van der Waals surface area contributed by atoms with E-state index in [0.717, 1.165) is 56.3 Å². The fraction of sp³-hybridized carbons (Fsp3) is 0.0244. The van der Waals surface area contributed by atoms with Crippen molar-refractivity contribution >= 4 is 33.9 Å². The molecule has 0 radical (unpaired) electrons. The second-order valence-corrected chi connectivity index (χ2v) is 11.1. The zero-order valence-corrected chi connectivity index (χ0v) is 24.0. The molecule has 8 rings (SSSR count). The highest BCUT2D eigenvalue weighted by atomic mass is 15.2. The van der Waals surface area contributed by atoms with E-state index in [4.69, 9.17) is 5.73 Å². The van der Waals surface area contributed by atoms with E-state index in [9.17, 15) is 0 Å². The second kappa shape index (κ2) is 10.8. The lowest BCUT2D eigenvalue weighted by molar-refractivity contribution is 0.875. The average Bonchev–Trinajstić information content (AvgIpc) is 3.77. The minimum Gasteiger partial charge on any atom is -0.355 e. The highest BCUT2D eigenvalue weighted by Crippen LogP contribution is 2.46. The fourth-order valence-corrected chi connectivity index (χ4v) is 6.24. The van der Waals surface area contributed by atoms with Gasteiger partial charge in [-0.15, -0.1) is 11.5 Å². The van der Waals surface area contributed by atoms with Crippen LogP contribution in [0.15, 0.2) is 174 Å². The molecule has 1 unspecified atom stereocenters. The van der Waals surface area contributed by atoms with Crippen molar-refractivity contribution in [2.75, 3.05) is 10.2 Å². The number of anilines is 4. The number of rotatable bonds is 7. The first-order valence-electron chi connectivity index (χ1n) is 14.9. The van der Waals surface area contributed by atoms with Crippen molar-refractivity contribution in [3.63, 3.8) is 0 Å². The molecule has 0 fully saturated rings. The van der Waals surface area contributed by atoms with Gasteiger partial charge in [0, 0.05) is 51.1 Å². The van der Waals surface area contributed by atoms with Crippen LogP contribution in [0.4, 0.5) is 22.7 Å². The third-order valence-corrected chi connectivity index (χ3v) is 8.40. The number of nitrogens with one attached hydrogen (secondary N) is 1. The maximum Gasteiger partial charge on any atom is 0.0626 e.